The van der Waals surface area contributed by atoms with Crippen LogP contribution in [-0.4, -0.2) is 66.8 Å². The van der Waals surface area contributed by atoms with Crippen molar-refractivity contribution in [3.8, 4) is 0 Å². The van der Waals surface area contributed by atoms with Crippen LogP contribution in [0.5, 0.6) is 0 Å². The van der Waals surface area contributed by atoms with E-state index in [1.54, 1.807) is 11.8 Å². The summed E-state index contributed by atoms with van der Waals surface area (Å²) in [5, 5.41) is 14.0. The third-order valence-electron chi connectivity index (χ3n) is 4.14. The van der Waals surface area contributed by atoms with Crippen molar-refractivity contribution >= 4 is 17.7 Å². The van der Waals surface area contributed by atoms with E-state index in [1.165, 1.54) is 18.6 Å². The second-order valence-electron chi connectivity index (χ2n) is 6.07. The molecule has 1 fully saturated rings. The largest absolute Gasteiger partial charge is 0.390 e. The van der Waals surface area contributed by atoms with Crippen LogP contribution in [0.4, 0.5) is 0 Å². The van der Waals surface area contributed by atoms with Gasteiger partial charge in [-0.2, -0.15) is 0 Å². The van der Waals surface area contributed by atoms with E-state index in [0.29, 0.717) is 19.5 Å². The molecule has 3 rings (SSSR count). The number of likely N-dealkylation sites (tertiary alicyclic amines) is 1. The highest BCUT2D eigenvalue weighted by Gasteiger charge is 2.29. The normalized spacial score (nSPS) is 20.7. The number of aliphatic hydroxyl groups is 1. The van der Waals surface area contributed by atoms with E-state index >= 15 is 0 Å². The van der Waals surface area contributed by atoms with Gasteiger partial charge in [0.05, 0.1) is 18.3 Å². The summed E-state index contributed by atoms with van der Waals surface area (Å²) in [6.07, 6.45) is 8.09. The van der Waals surface area contributed by atoms with Gasteiger partial charge >= 0.3 is 0 Å². The molecule has 3 heterocycles. The van der Waals surface area contributed by atoms with Crippen molar-refractivity contribution in [1.82, 2.24) is 30.2 Å². The molecule has 0 bridgehead atoms. The van der Waals surface area contributed by atoms with Crippen LogP contribution in [-0.2, 0) is 6.54 Å². The number of hydrogen-bond donors (Lipinski definition) is 2. The number of hydrogen-bond acceptors (Lipinski definition) is 8. The van der Waals surface area contributed by atoms with E-state index in [4.69, 9.17) is 0 Å². The molecule has 8 nitrogen and oxygen atoms in total. The maximum absolute atomic E-state index is 12.2. The van der Waals surface area contributed by atoms with E-state index in [1.807, 2.05) is 12.4 Å². The topological polar surface area (TPSA) is 104 Å². The molecule has 1 aliphatic rings. The molecular weight excluding hydrogens is 352 g/mol. The predicted molar refractivity (Wildman–Crippen MR) is 97.6 cm³/mol. The molecule has 138 valence electrons. The molecule has 0 saturated carbocycles. The van der Waals surface area contributed by atoms with Crippen LogP contribution in [0, 0.1) is 0 Å². The summed E-state index contributed by atoms with van der Waals surface area (Å²) in [5.41, 5.74) is 1.27. The molecule has 0 aliphatic carbocycles. The highest BCUT2D eigenvalue weighted by molar-refractivity contribution is 7.99. The fraction of sp³-hybridized carbons (Fsp3) is 0.471. The van der Waals surface area contributed by atoms with Crippen LogP contribution in [0.2, 0.25) is 0 Å². The summed E-state index contributed by atoms with van der Waals surface area (Å²) in [7, 11) is 0. The van der Waals surface area contributed by atoms with Crippen LogP contribution in [0.15, 0.2) is 36.1 Å². The molecule has 2 N–H and O–H groups in total. The van der Waals surface area contributed by atoms with E-state index in [9.17, 15) is 9.90 Å². The average Bonchev–Trinajstić information content (AvgIpc) is 2.66. The lowest BCUT2D eigenvalue weighted by molar-refractivity contribution is 0.0347. The minimum Gasteiger partial charge on any atom is -0.390 e. The third kappa shape index (κ3) is 4.96. The van der Waals surface area contributed by atoms with Gasteiger partial charge in [0.1, 0.15) is 5.69 Å². The summed E-state index contributed by atoms with van der Waals surface area (Å²) >= 11 is 1.61. The summed E-state index contributed by atoms with van der Waals surface area (Å²) in [4.78, 5) is 30.8. The van der Waals surface area contributed by atoms with Gasteiger partial charge in [-0.15, -0.1) is 0 Å². The first-order valence-electron chi connectivity index (χ1n) is 8.56. The Bertz CT molecular complexity index is 715. The van der Waals surface area contributed by atoms with Gasteiger partial charge in [-0.3, -0.25) is 14.7 Å². The summed E-state index contributed by atoms with van der Waals surface area (Å²) in [6.45, 7) is 4.00. The van der Waals surface area contributed by atoms with Gasteiger partial charge in [0, 0.05) is 50.0 Å². The Kier molecular flexibility index (Phi) is 6.48. The van der Waals surface area contributed by atoms with Gasteiger partial charge < -0.3 is 10.4 Å². The lowest BCUT2D eigenvalue weighted by Gasteiger charge is -2.36. The molecule has 26 heavy (non-hydrogen) atoms. The molecule has 1 amide bonds. The van der Waals surface area contributed by atoms with E-state index < -0.39 is 6.10 Å². The second-order valence-corrected chi connectivity index (χ2v) is 7.30. The molecule has 1 aliphatic heterocycles. The highest BCUT2D eigenvalue weighted by atomic mass is 32.2. The number of carbonyl (C=O) groups is 1. The summed E-state index contributed by atoms with van der Waals surface area (Å²) in [5.74, 6) is 0.632. The zero-order valence-electron chi connectivity index (χ0n) is 14.6. The van der Waals surface area contributed by atoms with Crippen molar-refractivity contribution in [2.75, 3.05) is 18.8 Å². The summed E-state index contributed by atoms with van der Waals surface area (Å²) < 4.78 is 0. The number of β-amino-alcohol motifs (C(OH)–C–C–N with tert-alkyl or cyclic N) is 1. The number of rotatable bonds is 6. The summed E-state index contributed by atoms with van der Waals surface area (Å²) in [6, 6.07) is -0.291. The molecule has 0 radical (unpaired) electrons. The van der Waals surface area contributed by atoms with Gasteiger partial charge in [0.2, 0.25) is 0 Å². The fourth-order valence-electron chi connectivity index (χ4n) is 2.85. The van der Waals surface area contributed by atoms with Crippen molar-refractivity contribution in [1.29, 1.82) is 0 Å². The van der Waals surface area contributed by atoms with Crippen molar-refractivity contribution < 1.29 is 9.90 Å². The number of carbonyl (C=O) groups excluding carboxylic acids is 1. The number of aromatic nitrogens is 4. The van der Waals surface area contributed by atoms with Crippen molar-refractivity contribution in [2.45, 2.75) is 37.2 Å². The predicted octanol–water partition coefficient (Wildman–Crippen LogP) is 0.744. The number of aliphatic hydroxyl groups excluding tert-OH is 1. The quantitative estimate of drug-likeness (QED) is 0.564. The van der Waals surface area contributed by atoms with Gasteiger partial charge in [-0.25, -0.2) is 15.0 Å². The number of nitrogens with zero attached hydrogens (tertiary/aromatic N) is 5. The van der Waals surface area contributed by atoms with Crippen LogP contribution >= 0.6 is 11.8 Å². The molecule has 2 atom stereocenters. The molecule has 2 aromatic rings. The number of nitrogens with one attached hydrogen (secondary N) is 1. The molecule has 0 unspecified atom stereocenters. The van der Waals surface area contributed by atoms with Crippen molar-refractivity contribution in [3.05, 3.63) is 42.2 Å². The first kappa shape index (κ1) is 18.7. The SMILES string of the molecule is CCSc1ncc(CN2CC[C@@H](NC(=O)c3cnccn3)[C@H](O)C2)cn1. The first-order chi connectivity index (χ1) is 12.7. The lowest BCUT2D eigenvalue weighted by Crippen LogP contribution is -2.53. The minimum absolute atomic E-state index is 0.254. The van der Waals surface area contributed by atoms with Crippen molar-refractivity contribution in [2.24, 2.45) is 0 Å². The Morgan fingerprint density at radius 3 is 2.77 bits per heavy atom. The fourth-order valence-corrected chi connectivity index (χ4v) is 3.37. The standard InChI is InChI=1S/C17H22N6O2S/c1-2-26-17-20-7-12(8-21-17)10-23-6-3-13(15(24)11-23)22-16(25)14-9-18-4-5-19-14/h4-5,7-9,13,15,24H,2-3,6,10-11H2,1H3,(H,22,25)/t13-,15-/m1/s1. The lowest BCUT2D eigenvalue weighted by atomic mass is 10.0. The zero-order valence-corrected chi connectivity index (χ0v) is 15.4. The highest BCUT2D eigenvalue weighted by Crippen LogP contribution is 2.16. The third-order valence-corrected chi connectivity index (χ3v) is 4.90. The first-order valence-corrected chi connectivity index (χ1v) is 9.55. The Morgan fingerprint density at radius 1 is 1.31 bits per heavy atom. The van der Waals surface area contributed by atoms with E-state index in [2.05, 4.69) is 37.1 Å². The van der Waals surface area contributed by atoms with Crippen LogP contribution < -0.4 is 5.32 Å². The molecule has 1 saturated heterocycles. The van der Waals surface area contributed by atoms with Crippen LogP contribution in [0.1, 0.15) is 29.4 Å². The maximum atomic E-state index is 12.2. The Balaban J connectivity index is 1.51. The van der Waals surface area contributed by atoms with Gasteiger partial charge in [0.15, 0.2) is 5.16 Å². The van der Waals surface area contributed by atoms with Gasteiger partial charge in [0.25, 0.3) is 5.91 Å². The number of piperidine rings is 1. The van der Waals surface area contributed by atoms with Crippen molar-refractivity contribution in [3.63, 3.8) is 0 Å². The van der Waals surface area contributed by atoms with Gasteiger partial charge in [-0.05, 0) is 12.2 Å². The Hall–Kier alpha value is -2.10. The van der Waals surface area contributed by atoms with Crippen LogP contribution in [0.3, 0.4) is 0 Å². The minimum atomic E-state index is -0.639. The Morgan fingerprint density at radius 2 is 2.12 bits per heavy atom. The molecule has 9 heteroatoms. The smallest absolute Gasteiger partial charge is 0.271 e. The monoisotopic (exact) mass is 374 g/mol. The molecule has 0 spiro atoms. The molecule has 0 aromatic carbocycles. The maximum Gasteiger partial charge on any atom is 0.271 e. The van der Waals surface area contributed by atoms with E-state index in [0.717, 1.165) is 23.0 Å². The van der Waals surface area contributed by atoms with E-state index in [-0.39, 0.29) is 17.6 Å². The van der Waals surface area contributed by atoms with Crippen LogP contribution in [0.25, 0.3) is 0 Å². The van der Waals surface area contributed by atoms with Gasteiger partial charge in [-0.1, -0.05) is 18.7 Å². The average molecular weight is 374 g/mol. The number of amides is 1. The second kappa shape index (κ2) is 9.02. The number of thioether (sulfide) groups is 1. The molecular formula is C17H22N6O2S. The zero-order chi connectivity index (χ0) is 18.4. The molecule has 2 aromatic heterocycles. The Labute approximate surface area is 156 Å².